The van der Waals surface area contributed by atoms with Gasteiger partial charge in [-0.1, -0.05) is 158 Å². The molecule has 0 radical (unpaired) electrons. The topological polar surface area (TPSA) is 60.0 Å². The molecule has 0 aromatic heterocycles. The molecule has 0 fully saturated rings. The van der Waals surface area contributed by atoms with Gasteiger partial charge in [0.2, 0.25) is 0 Å². The smallest absolute Gasteiger partial charge is 0.151 e. The standard InChI is InChI=1S/C34H25N3.2C7H8/c1-34(2)30-6-4-5-28(32(30)29-16-7-21(20-35)17-31(29)34)24-12-8-22(9-13-24)25-14-10-23-11-15-26(33(36)37-3)19-27(23)18-25;2*1-7-5-3-2-4-6-7/h4-19,36H,3H2,1-2H3;2*2-6H,1H3. The Bertz CT molecular complexity index is 2340. The molecule has 0 saturated heterocycles. The van der Waals surface area contributed by atoms with Crippen LogP contribution in [0.3, 0.4) is 0 Å². The SMILES string of the molecule is C=NC(=N)c1ccc2ccc(-c3ccc(-c4cccc5c4-c4ccc(C#N)cc4C5(C)C)cc3)cc2c1.Cc1ccccc1.Cc1ccccc1. The number of hydrogen-bond donors (Lipinski definition) is 1. The number of hydrogen-bond acceptors (Lipinski definition) is 2. The first-order chi connectivity index (χ1) is 24.7. The van der Waals surface area contributed by atoms with Gasteiger partial charge in [0.1, 0.15) is 0 Å². The van der Waals surface area contributed by atoms with Crippen molar-refractivity contribution in [2.75, 3.05) is 0 Å². The van der Waals surface area contributed by atoms with Crippen molar-refractivity contribution < 1.29 is 0 Å². The highest BCUT2D eigenvalue weighted by atomic mass is 14.8. The number of rotatable bonds is 3. The molecule has 0 amide bonds. The fraction of sp³-hybridized carbons (Fsp3) is 0.104. The van der Waals surface area contributed by atoms with Gasteiger partial charge in [0, 0.05) is 11.0 Å². The molecular weight excluding hydrogens is 619 g/mol. The second-order valence-electron chi connectivity index (χ2n) is 13.4. The molecule has 0 bridgehead atoms. The molecule has 3 nitrogen and oxygen atoms in total. The van der Waals surface area contributed by atoms with Crippen molar-refractivity contribution >= 4 is 23.3 Å². The van der Waals surface area contributed by atoms with Crippen LogP contribution in [0.15, 0.2) is 163 Å². The predicted molar refractivity (Wildman–Crippen MR) is 216 cm³/mol. The van der Waals surface area contributed by atoms with Crippen LogP contribution in [0, 0.1) is 30.6 Å². The van der Waals surface area contributed by atoms with Crippen LogP contribution >= 0.6 is 0 Å². The van der Waals surface area contributed by atoms with Gasteiger partial charge < -0.3 is 0 Å². The summed E-state index contributed by atoms with van der Waals surface area (Å²) >= 11 is 0. The monoisotopic (exact) mass is 659 g/mol. The largest absolute Gasteiger partial charge is 0.282 e. The van der Waals surface area contributed by atoms with E-state index >= 15 is 0 Å². The summed E-state index contributed by atoms with van der Waals surface area (Å²) < 4.78 is 0. The summed E-state index contributed by atoms with van der Waals surface area (Å²) in [5.74, 6) is 0.181. The maximum Gasteiger partial charge on any atom is 0.151 e. The average molecular weight is 660 g/mol. The van der Waals surface area contributed by atoms with Crippen molar-refractivity contribution in [3.05, 3.63) is 191 Å². The van der Waals surface area contributed by atoms with Gasteiger partial charge >= 0.3 is 0 Å². The van der Waals surface area contributed by atoms with E-state index in [4.69, 9.17) is 5.41 Å². The number of fused-ring (bicyclic) bond motifs is 4. The summed E-state index contributed by atoms with van der Waals surface area (Å²) in [6, 6.07) is 56.5. The molecule has 7 aromatic rings. The molecule has 7 aromatic carbocycles. The van der Waals surface area contributed by atoms with E-state index in [1.807, 2.05) is 66.7 Å². The van der Waals surface area contributed by atoms with E-state index in [1.54, 1.807) is 0 Å². The number of amidine groups is 1. The van der Waals surface area contributed by atoms with Gasteiger partial charge in [0.05, 0.1) is 11.6 Å². The lowest BCUT2D eigenvalue weighted by Crippen LogP contribution is -2.15. The van der Waals surface area contributed by atoms with Crippen LogP contribution in [0.1, 0.15) is 47.2 Å². The van der Waals surface area contributed by atoms with Gasteiger partial charge in [-0.05, 0) is 100 Å². The van der Waals surface area contributed by atoms with Crippen molar-refractivity contribution in [2.24, 2.45) is 4.99 Å². The molecule has 3 heteroatoms. The highest BCUT2D eigenvalue weighted by Gasteiger charge is 2.37. The summed E-state index contributed by atoms with van der Waals surface area (Å²) in [4.78, 5) is 3.76. The van der Waals surface area contributed by atoms with Crippen LogP contribution in [-0.2, 0) is 5.41 Å². The Balaban J connectivity index is 0.000000265. The highest BCUT2D eigenvalue weighted by Crippen LogP contribution is 2.52. The summed E-state index contributed by atoms with van der Waals surface area (Å²) in [7, 11) is 0. The minimum atomic E-state index is -0.158. The van der Waals surface area contributed by atoms with Crippen molar-refractivity contribution in [2.45, 2.75) is 33.1 Å². The Hall–Kier alpha value is -6.37. The fourth-order valence-corrected chi connectivity index (χ4v) is 6.67. The number of nitriles is 1. The van der Waals surface area contributed by atoms with Crippen molar-refractivity contribution in [1.29, 1.82) is 10.7 Å². The molecule has 0 heterocycles. The molecule has 1 aliphatic rings. The zero-order valence-corrected chi connectivity index (χ0v) is 29.6. The quantitative estimate of drug-likeness (QED) is 0.149. The van der Waals surface area contributed by atoms with Gasteiger partial charge in [-0.2, -0.15) is 5.26 Å². The Morgan fingerprint density at radius 3 is 1.78 bits per heavy atom. The summed E-state index contributed by atoms with van der Waals surface area (Å²) in [5, 5.41) is 19.6. The van der Waals surface area contributed by atoms with Crippen molar-refractivity contribution in [1.82, 2.24) is 0 Å². The number of aliphatic imine (C=N–C) groups is 1. The maximum absolute atomic E-state index is 9.45. The average Bonchev–Trinajstić information content (AvgIpc) is 3.40. The number of nitrogens with one attached hydrogen (secondary N) is 1. The van der Waals surface area contributed by atoms with Crippen LogP contribution in [0.5, 0.6) is 0 Å². The molecule has 1 N–H and O–H groups in total. The molecule has 0 aliphatic heterocycles. The van der Waals surface area contributed by atoms with E-state index in [9.17, 15) is 5.26 Å². The molecular formula is C48H41N3. The third-order valence-corrected chi connectivity index (χ3v) is 9.51. The number of nitrogens with zero attached hydrogens (tertiary/aromatic N) is 2. The minimum Gasteiger partial charge on any atom is -0.282 e. The van der Waals surface area contributed by atoms with Gasteiger partial charge in [-0.15, -0.1) is 0 Å². The molecule has 1 aliphatic carbocycles. The lowest BCUT2D eigenvalue weighted by Gasteiger charge is -2.21. The molecule has 8 rings (SSSR count). The van der Waals surface area contributed by atoms with E-state index in [2.05, 4.69) is 136 Å². The molecule has 0 unspecified atom stereocenters. The van der Waals surface area contributed by atoms with Crippen LogP contribution < -0.4 is 0 Å². The second kappa shape index (κ2) is 15.0. The van der Waals surface area contributed by atoms with Gasteiger partial charge in [-0.3, -0.25) is 5.41 Å². The Kier molecular flexibility index (Phi) is 10.2. The zero-order chi connectivity index (χ0) is 36.0. The van der Waals surface area contributed by atoms with E-state index in [-0.39, 0.29) is 11.3 Å². The first-order valence-corrected chi connectivity index (χ1v) is 17.1. The first-order valence-electron chi connectivity index (χ1n) is 17.1. The van der Waals surface area contributed by atoms with Gasteiger partial charge in [0.15, 0.2) is 5.84 Å². The van der Waals surface area contributed by atoms with Gasteiger partial charge in [-0.25, -0.2) is 4.99 Å². The summed E-state index contributed by atoms with van der Waals surface area (Å²) in [6.45, 7) is 12.1. The molecule has 248 valence electrons. The molecule has 0 saturated carbocycles. The Morgan fingerprint density at radius 1 is 0.588 bits per heavy atom. The molecule has 0 spiro atoms. The second-order valence-corrected chi connectivity index (χ2v) is 13.4. The van der Waals surface area contributed by atoms with Gasteiger partial charge in [0.25, 0.3) is 0 Å². The van der Waals surface area contributed by atoms with Crippen LogP contribution in [0.25, 0.3) is 44.2 Å². The maximum atomic E-state index is 9.45. The van der Waals surface area contributed by atoms with Crippen LogP contribution in [-0.4, -0.2) is 12.6 Å². The van der Waals surface area contributed by atoms with E-state index < -0.39 is 0 Å². The summed E-state index contributed by atoms with van der Waals surface area (Å²) in [5.41, 5.74) is 13.6. The van der Waals surface area contributed by atoms with Crippen LogP contribution in [0.4, 0.5) is 0 Å². The number of aryl methyl sites for hydroxylation is 2. The lowest BCUT2D eigenvalue weighted by atomic mass is 9.81. The predicted octanol–water partition coefficient (Wildman–Crippen LogP) is 12.4. The normalized spacial score (nSPS) is 11.8. The zero-order valence-electron chi connectivity index (χ0n) is 29.6. The lowest BCUT2D eigenvalue weighted by molar-refractivity contribution is 0.660. The molecule has 0 atom stereocenters. The van der Waals surface area contributed by atoms with Crippen molar-refractivity contribution in [3.63, 3.8) is 0 Å². The number of benzene rings is 7. The van der Waals surface area contributed by atoms with Crippen molar-refractivity contribution in [3.8, 4) is 39.4 Å². The fourth-order valence-electron chi connectivity index (χ4n) is 6.67. The Labute approximate surface area is 301 Å². The first kappa shape index (κ1) is 34.5. The minimum absolute atomic E-state index is 0.158. The third-order valence-electron chi connectivity index (χ3n) is 9.51. The van der Waals surface area contributed by atoms with E-state index in [0.29, 0.717) is 5.56 Å². The van der Waals surface area contributed by atoms with Crippen LogP contribution in [0.2, 0.25) is 0 Å². The third kappa shape index (κ3) is 7.47. The molecule has 51 heavy (non-hydrogen) atoms. The van der Waals surface area contributed by atoms with E-state index in [1.165, 1.54) is 44.5 Å². The highest BCUT2D eigenvalue weighted by molar-refractivity contribution is 6.02. The Morgan fingerprint density at radius 2 is 1.20 bits per heavy atom. The van der Waals surface area contributed by atoms with E-state index in [0.717, 1.165) is 27.5 Å². The summed E-state index contributed by atoms with van der Waals surface area (Å²) in [6.07, 6.45) is 0.